The monoisotopic (exact) mass is 462 g/mol. The van der Waals surface area contributed by atoms with Crippen LogP contribution in [-0.4, -0.2) is 44.4 Å². The summed E-state index contributed by atoms with van der Waals surface area (Å²) in [4.78, 5) is 15.2. The quantitative estimate of drug-likeness (QED) is 0.636. The number of alkyl carbamates (subject to hydrolysis) is 1. The average molecular weight is 463 g/mol. The summed E-state index contributed by atoms with van der Waals surface area (Å²) >= 11 is 0. The molecular formula is C27H34N4O3. The van der Waals surface area contributed by atoms with Gasteiger partial charge in [0, 0.05) is 24.3 Å². The van der Waals surface area contributed by atoms with Gasteiger partial charge < -0.3 is 25.0 Å². The molecule has 1 aliphatic heterocycles. The van der Waals surface area contributed by atoms with Crippen LogP contribution in [0.15, 0.2) is 48.5 Å². The first kappa shape index (κ1) is 23.9. The van der Waals surface area contributed by atoms with Crippen LogP contribution in [0.3, 0.4) is 0 Å². The van der Waals surface area contributed by atoms with Crippen molar-refractivity contribution in [1.82, 2.24) is 10.6 Å². The van der Waals surface area contributed by atoms with Crippen LogP contribution in [0.5, 0.6) is 5.75 Å². The molecule has 0 unspecified atom stereocenters. The van der Waals surface area contributed by atoms with E-state index in [1.807, 2.05) is 48.5 Å². The van der Waals surface area contributed by atoms with E-state index in [1.54, 1.807) is 7.11 Å². The molecule has 2 aliphatic rings. The summed E-state index contributed by atoms with van der Waals surface area (Å²) < 4.78 is 10.7. The number of rotatable bonds is 7. The molecule has 1 saturated carbocycles. The number of piperidine rings is 1. The minimum atomic E-state index is -0.380. The summed E-state index contributed by atoms with van der Waals surface area (Å²) in [6.07, 6.45) is 6.02. The maximum Gasteiger partial charge on any atom is 0.407 e. The summed E-state index contributed by atoms with van der Waals surface area (Å²) in [6, 6.07) is 18.1. The van der Waals surface area contributed by atoms with Gasteiger partial charge in [-0.3, -0.25) is 0 Å². The number of carbonyl (C=O) groups is 1. The van der Waals surface area contributed by atoms with Crippen LogP contribution in [0.1, 0.15) is 49.7 Å². The minimum absolute atomic E-state index is 0.00897. The molecule has 0 radical (unpaired) electrons. The largest absolute Gasteiger partial charge is 0.497 e. The summed E-state index contributed by atoms with van der Waals surface area (Å²) in [5.41, 5.74) is 2.69. The third-order valence-electron chi connectivity index (χ3n) is 6.88. The van der Waals surface area contributed by atoms with Gasteiger partial charge in [-0.05, 0) is 74.2 Å². The van der Waals surface area contributed by atoms with Crippen LogP contribution in [-0.2, 0) is 11.3 Å². The van der Waals surface area contributed by atoms with Crippen molar-refractivity contribution >= 4 is 11.8 Å². The Labute approximate surface area is 202 Å². The molecule has 0 spiro atoms. The lowest BCUT2D eigenvalue weighted by Gasteiger charge is -2.46. The molecule has 3 atom stereocenters. The van der Waals surface area contributed by atoms with Crippen LogP contribution >= 0.6 is 0 Å². The fraction of sp³-hybridized carbons (Fsp3) is 0.481. The standard InChI is InChI=1S/C27H34N4O3/c1-33-24-14-10-21(11-15-24)19-34-27(32)30-25-6-2-3-7-26(25)31(23-5-4-16-29-18-23)22-12-8-20(17-28)9-13-22/h8-15,23,25-26,29H,2-7,16,18-19H2,1H3,(H,30,32)/t23-,25+,26+/m0/s1. The zero-order valence-electron chi connectivity index (χ0n) is 19.8. The van der Waals surface area contributed by atoms with Crippen molar-refractivity contribution in [1.29, 1.82) is 5.26 Å². The second-order valence-corrected chi connectivity index (χ2v) is 9.09. The number of nitrogens with zero attached hydrogens (tertiary/aromatic N) is 2. The normalized spacial score (nSPS) is 22.3. The van der Waals surface area contributed by atoms with Crippen LogP contribution < -0.4 is 20.3 Å². The van der Waals surface area contributed by atoms with Crippen LogP contribution in [0.25, 0.3) is 0 Å². The summed E-state index contributed by atoms with van der Waals surface area (Å²) in [7, 11) is 1.63. The van der Waals surface area contributed by atoms with Crippen LogP contribution in [0.4, 0.5) is 10.5 Å². The number of anilines is 1. The van der Waals surface area contributed by atoms with Gasteiger partial charge in [-0.2, -0.15) is 5.26 Å². The highest BCUT2D eigenvalue weighted by molar-refractivity contribution is 5.68. The van der Waals surface area contributed by atoms with E-state index >= 15 is 0 Å². The molecule has 1 amide bonds. The molecule has 7 nitrogen and oxygen atoms in total. The molecule has 2 fully saturated rings. The average Bonchev–Trinajstić information content (AvgIpc) is 2.90. The van der Waals surface area contributed by atoms with Gasteiger partial charge in [0.25, 0.3) is 0 Å². The molecule has 2 N–H and O–H groups in total. The molecule has 7 heteroatoms. The number of benzene rings is 2. The molecule has 1 aliphatic carbocycles. The van der Waals surface area contributed by atoms with Crippen molar-refractivity contribution in [2.75, 3.05) is 25.1 Å². The first-order valence-electron chi connectivity index (χ1n) is 12.2. The molecule has 4 rings (SSSR count). The van der Waals surface area contributed by atoms with E-state index in [-0.39, 0.29) is 24.8 Å². The molecule has 0 bridgehead atoms. The maximum absolute atomic E-state index is 12.7. The van der Waals surface area contributed by atoms with Crippen LogP contribution in [0.2, 0.25) is 0 Å². The van der Waals surface area contributed by atoms with Gasteiger partial charge in [-0.1, -0.05) is 25.0 Å². The highest BCUT2D eigenvalue weighted by Crippen LogP contribution is 2.32. The number of carbonyl (C=O) groups excluding carboxylic acids is 1. The number of ether oxygens (including phenoxy) is 2. The van der Waals surface area contributed by atoms with Crippen molar-refractivity contribution < 1.29 is 14.3 Å². The Kier molecular flexibility index (Phi) is 8.26. The third-order valence-corrected chi connectivity index (χ3v) is 6.88. The second-order valence-electron chi connectivity index (χ2n) is 9.09. The highest BCUT2D eigenvalue weighted by Gasteiger charge is 2.36. The van der Waals surface area contributed by atoms with Gasteiger partial charge in [0.1, 0.15) is 12.4 Å². The Hall–Kier alpha value is -3.24. The zero-order valence-corrected chi connectivity index (χ0v) is 19.8. The molecular weight excluding hydrogens is 428 g/mol. The van der Waals surface area contributed by atoms with Gasteiger partial charge in [0.05, 0.1) is 24.8 Å². The highest BCUT2D eigenvalue weighted by atomic mass is 16.5. The predicted octanol–water partition coefficient (Wildman–Crippen LogP) is 4.36. The van der Waals surface area contributed by atoms with Crippen molar-refractivity contribution in [3.8, 4) is 11.8 Å². The van der Waals surface area contributed by atoms with E-state index in [4.69, 9.17) is 9.47 Å². The van der Waals surface area contributed by atoms with Gasteiger partial charge in [-0.25, -0.2) is 4.79 Å². The number of amides is 1. The number of nitrogens with one attached hydrogen (secondary N) is 2. The third kappa shape index (κ3) is 6.00. The summed E-state index contributed by atoms with van der Waals surface area (Å²) in [5.74, 6) is 0.776. The van der Waals surface area contributed by atoms with E-state index in [0.29, 0.717) is 11.6 Å². The second kappa shape index (κ2) is 11.8. The lowest BCUT2D eigenvalue weighted by atomic mass is 9.87. The lowest BCUT2D eigenvalue weighted by molar-refractivity contribution is 0.130. The van der Waals surface area contributed by atoms with Crippen molar-refractivity contribution in [2.45, 2.75) is 63.3 Å². The number of hydrogen-bond donors (Lipinski definition) is 2. The fourth-order valence-corrected chi connectivity index (χ4v) is 5.13. The van der Waals surface area contributed by atoms with Crippen LogP contribution in [0, 0.1) is 11.3 Å². The van der Waals surface area contributed by atoms with Gasteiger partial charge in [-0.15, -0.1) is 0 Å². The molecule has 2 aromatic rings. The Balaban J connectivity index is 1.46. The van der Waals surface area contributed by atoms with E-state index in [0.717, 1.165) is 68.6 Å². The van der Waals surface area contributed by atoms with Crippen molar-refractivity contribution in [3.05, 3.63) is 59.7 Å². The molecule has 1 saturated heterocycles. The smallest absolute Gasteiger partial charge is 0.407 e. The Morgan fingerprint density at radius 2 is 1.85 bits per heavy atom. The predicted molar refractivity (Wildman–Crippen MR) is 132 cm³/mol. The van der Waals surface area contributed by atoms with Gasteiger partial charge >= 0.3 is 6.09 Å². The molecule has 2 aromatic carbocycles. The molecule has 1 heterocycles. The van der Waals surface area contributed by atoms with Crippen molar-refractivity contribution in [2.24, 2.45) is 0 Å². The van der Waals surface area contributed by atoms with E-state index in [9.17, 15) is 10.1 Å². The topological polar surface area (TPSA) is 86.6 Å². The number of hydrogen-bond acceptors (Lipinski definition) is 6. The number of nitriles is 1. The number of methoxy groups -OCH3 is 1. The molecule has 0 aromatic heterocycles. The van der Waals surface area contributed by atoms with E-state index < -0.39 is 0 Å². The molecule has 180 valence electrons. The van der Waals surface area contributed by atoms with Gasteiger partial charge in [0.2, 0.25) is 0 Å². The fourth-order valence-electron chi connectivity index (χ4n) is 5.13. The maximum atomic E-state index is 12.7. The van der Waals surface area contributed by atoms with Crippen molar-refractivity contribution in [3.63, 3.8) is 0 Å². The minimum Gasteiger partial charge on any atom is -0.497 e. The molecule has 34 heavy (non-hydrogen) atoms. The first-order chi connectivity index (χ1) is 16.7. The first-order valence-corrected chi connectivity index (χ1v) is 12.2. The SMILES string of the molecule is COc1ccc(COC(=O)N[C@@H]2CCCC[C@H]2N(c2ccc(C#N)cc2)[C@H]2CCCNC2)cc1. The summed E-state index contributed by atoms with van der Waals surface area (Å²) in [5, 5.41) is 15.9. The Bertz CT molecular complexity index is 965. The summed E-state index contributed by atoms with van der Waals surface area (Å²) in [6.45, 7) is 2.19. The Morgan fingerprint density at radius 3 is 2.53 bits per heavy atom. The van der Waals surface area contributed by atoms with Gasteiger partial charge in [0.15, 0.2) is 0 Å². The van der Waals surface area contributed by atoms with E-state index in [2.05, 4.69) is 21.6 Å². The Morgan fingerprint density at radius 1 is 1.09 bits per heavy atom. The lowest BCUT2D eigenvalue weighted by Crippen LogP contribution is -2.59. The van der Waals surface area contributed by atoms with E-state index in [1.165, 1.54) is 0 Å². The zero-order chi connectivity index (χ0) is 23.8.